The van der Waals surface area contributed by atoms with E-state index in [1.54, 1.807) is 0 Å². The topological polar surface area (TPSA) is 57.6 Å². The van der Waals surface area contributed by atoms with Crippen molar-refractivity contribution in [3.05, 3.63) is 35.9 Å². The summed E-state index contributed by atoms with van der Waals surface area (Å²) in [6, 6.07) is 9.39. The van der Waals surface area contributed by atoms with Gasteiger partial charge in [-0.15, -0.1) is 0 Å². The van der Waals surface area contributed by atoms with Crippen molar-refractivity contribution in [3.8, 4) is 0 Å². The lowest BCUT2D eigenvalue weighted by Crippen LogP contribution is -2.51. The number of amides is 1. The maximum atomic E-state index is 12.5. The first kappa shape index (κ1) is 16.5. The van der Waals surface area contributed by atoms with Crippen LogP contribution in [0.1, 0.15) is 45.6 Å². The quantitative estimate of drug-likeness (QED) is 0.930. The molecule has 1 saturated heterocycles. The first-order valence-corrected chi connectivity index (χ1v) is 7.92. The van der Waals surface area contributed by atoms with Crippen molar-refractivity contribution in [1.29, 1.82) is 0 Å². The lowest BCUT2D eigenvalue weighted by atomic mass is 9.72. The maximum absolute atomic E-state index is 12.5. The van der Waals surface area contributed by atoms with Gasteiger partial charge in [0, 0.05) is 18.5 Å². The average molecular weight is 303 g/mol. The second-order valence-electron chi connectivity index (χ2n) is 6.78. The lowest BCUT2D eigenvalue weighted by molar-refractivity contribution is -0.150. The number of likely N-dealkylation sites (tertiary alicyclic amines) is 1. The number of hydrogen-bond donors (Lipinski definition) is 1. The van der Waals surface area contributed by atoms with E-state index in [0.29, 0.717) is 25.9 Å². The number of benzene rings is 1. The monoisotopic (exact) mass is 303 g/mol. The number of carbonyl (C=O) groups is 2. The van der Waals surface area contributed by atoms with Crippen LogP contribution in [0.25, 0.3) is 0 Å². The van der Waals surface area contributed by atoms with Gasteiger partial charge >= 0.3 is 5.97 Å². The molecule has 0 atom stereocenters. The second kappa shape index (κ2) is 6.11. The highest BCUT2D eigenvalue weighted by molar-refractivity contribution is 5.84. The summed E-state index contributed by atoms with van der Waals surface area (Å²) in [6.07, 6.45) is 1.72. The summed E-state index contributed by atoms with van der Waals surface area (Å²) in [4.78, 5) is 26.3. The van der Waals surface area contributed by atoms with Crippen molar-refractivity contribution in [2.75, 3.05) is 13.1 Å². The Balaban J connectivity index is 2.18. The molecule has 1 amide bonds. The van der Waals surface area contributed by atoms with Gasteiger partial charge in [0.05, 0.1) is 5.41 Å². The minimum Gasteiger partial charge on any atom is -0.481 e. The fraction of sp³-hybridized carbons (Fsp3) is 0.556. The highest BCUT2D eigenvalue weighted by atomic mass is 16.4. The van der Waals surface area contributed by atoms with Gasteiger partial charge in [-0.25, -0.2) is 0 Å². The number of rotatable bonds is 4. The van der Waals surface area contributed by atoms with E-state index in [4.69, 9.17) is 0 Å². The minimum atomic E-state index is -0.867. The van der Waals surface area contributed by atoms with Crippen LogP contribution in [-0.2, 0) is 15.0 Å². The Labute approximate surface area is 132 Å². The van der Waals surface area contributed by atoms with Gasteiger partial charge in [-0.1, -0.05) is 51.1 Å². The smallest absolute Gasteiger partial charge is 0.314 e. The largest absolute Gasteiger partial charge is 0.481 e. The Morgan fingerprint density at radius 3 is 2.18 bits per heavy atom. The second-order valence-corrected chi connectivity index (χ2v) is 6.78. The summed E-state index contributed by atoms with van der Waals surface area (Å²) in [5, 5.41) is 9.77. The van der Waals surface area contributed by atoms with Crippen LogP contribution in [0.15, 0.2) is 30.3 Å². The number of aliphatic carboxylic acids is 1. The highest BCUT2D eigenvalue weighted by Crippen LogP contribution is 2.37. The van der Waals surface area contributed by atoms with E-state index in [-0.39, 0.29) is 11.3 Å². The zero-order chi connectivity index (χ0) is 16.4. The molecule has 4 heteroatoms. The van der Waals surface area contributed by atoms with E-state index in [2.05, 4.69) is 0 Å². The van der Waals surface area contributed by atoms with Crippen LogP contribution in [0.2, 0.25) is 0 Å². The van der Waals surface area contributed by atoms with E-state index in [9.17, 15) is 14.7 Å². The van der Waals surface area contributed by atoms with E-state index in [0.717, 1.165) is 12.0 Å². The van der Waals surface area contributed by atoms with Gasteiger partial charge in [-0.05, 0) is 24.8 Å². The predicted octanol–water partition coefficient (Wildman–Crippen LogP) is 3.07. The van der Waals surface area contributed by atoms with Crippen LogP contribution in [0.3, 0.4) is 0 Å². The van der Waals surface area contributed by atoms with Crippen molar-refractivity contribution in [2.45, 2.75) is 45.4 Å². The van der Waals surface area contributed by atoms with Gasteiger partial charge in [0.2, 0.25) is 5.91 Å². The lowest BCUT2D eigenvalue weighted by Gasteiger charge is -2.41. The van der Waals surface area contributed by atoms with Gasteiger partial charge < -0.3 is 10.0 Å². The van der Waals surface area contributed by atoms with E-state index < -0.39 is 11.4 Å². The third-order valence-electron chi connectivity index (χ3n) is 5.10. The molecular formula is C18H25NO3. The van der Waals surface area contributed by atoms with Gasteiger partial charge in [0.15, 0.2) is 0 Å². The molecule has 1 aliphatic rings. The predicted molar refractivity (Wildman–Crippen MR) is 85.6 cm³/mol. The first-order valence-electron chi connectivity index (χ1n) is 7.92. The Bertz CT molecular complexity index is 543. The third-order valence-corrected chi connectivity index (χ3v) is 5.10. The van der Waals surface area contributed by atoms with Crippen LogP contribution in [0.5, 0.6) is 0 Å². The van der Waals surface area contributed by atoms with Crippen molar-refractivity contribution in [1.82, 2.24) is 4.90 Å². The van der Waals surface area contributed by atoms with Crippen molar-refractivity contribution >= 4 is 11.9 Å². The maximum Gasteiger partial charge on any atom is 0.314 e. The summed E-state index contributed by atoms with van der Waals surface area (Å²) < 4.78 is 0. The Kier molecular flexibility index (Phi) is 4.59. The van der Waals surface area contributed by atoms with Crippen LogP contribution in [0.4, 0.5) is 0 Å². The molecule has 1 N–H and O–H groups in total. The molecule has 0 saturated carbocycles. The molecule has 0 spiro atoms. The number of piperidine rings is 1. The van der Waals surface area contributed by atoms with Crippen LogP contribution >= 0.6 is 0 Å². The Morgan fingerprint density at radius 1 is 1.18 bits per heavy atom. The third kappa shape index (κ3) is 2.87. The molecule has 1 fully saturated rings. The molecule has 1 aromatic carbocycles. The van der Waals surface area contributed by atoms with E-state index in [1.807, 2.05) is 56.0 Å². The summed E-state index contributed by atoms with van der Waals surface area (Å²) in [5.41, 5.74) is -0.408. The molecule has 120 valence electrons. The van der Waals surface area contributed by atoms with Gasteiger partial charge in [-0.2, -0.15) is 0 Å². The molecule has 2 rings (SSSR count). The zero-order valence-electron chi connectivity index (χ0n) is 13.6. The fourth-order valence-corrected chi connectivity index (χ4v) is 3.05. The number of nitrogens with zero attached hydrogens (tertiary/aromatic N) is 1. The summed E-state index contributed by atoms with van der Waals surface area (Å²) in [7, 11) is 0. The van der Waals surface area contributed by atoms with Gasteiger partial charge in [0.25, 0.3) is 0 Å². The Hall–Kier alpha value is -1.84. The van der Waals surface area contributed by atoms with E-state index in [1.165, 1.54) is 0 Å². The van der Waals surface area contributed by atoms with Crippen LogP contribution < -0.4 is 0 Å². The number of carboxylic acid groups (broad SMARTS) is 1. The van der Waals surface area contributed by atoms with Crippen molar-refractivity contribution in [3.63, 3.8) is 0 Å². The molecule has 4 nitrogen and oxygen atoms in total. The standard InChI is InChI=1S/C18H25NO3/c1-4-17(2,3)15(20)19-12-10-18(11-13-19,16(21)22)14-8-6-5-7-9-14/h5-9H,4,10-13H2,1-3H3,(H,21,22). The summed E-state index contributed by atoms with van der Waals surface area (Å²) >= 11 is 0. The van der Waals surface area contributed by atoms with Crippen molar-refractivity contribution in [2.24, 2.45) is 5.41 Å². The molecule has 1 heterocycles. The molecular weight excluding hydrogens is 278 g/mol. The summed E-state index contributed by atoms with van der Waals surface area (Å²) in [5.74, 6) is -0.664. The molecule has 0 unspecified atom stereocenters. The van der Waals surface area contributed by atoms with Gasteiger partial charge in [-0.3, -0.25) is 9.59 Å². The molecule has 1 aliphatic heterocycles. The fourth-order valence-electron chi connectivity index (χ4n) is 3.05. The Morgan fingerprint density at radius 2 is 1.73 bits per heavy atom. The first-order chi connectivity index (χ1) is 10.3. The molecule has 0 aliphatic carbocycles. The van der Waals surface area contributed by atoms with Gasteiger partial charge in [0.1, 0.15) is 0 Å². The van der Waals surface area contributed by atoms with Crippen molar-refractivity contribution < 1.29 is 14.7 Å². The normalized spacial score (nSPS) is 18.0. The average Bonchev–Trinajstić information content (AvgIpc) is 2.54. The van der Waals surface area contributed by atoms with E-state index >= 15 is 0 Å². The highest BCUT2D eigenvalue weighted by Gasteiger charge is 2.45. The number of carboxylic acids is 1. The SMILES string of the molecule is CCC(C)(C)C(=O)N1CCC(C(=O)O)(c2ccccc2)CC1. The zero-order valence-corrected chi connectivity index (χ0v) is 13.6. The van der Waals surface area contributed by atoms with Crippen LogP contribution in [0, 0.1) is 5.41 Å². The number of carbonyl (C=O) groups excluding carboxylic acids is 1. The molecule has 22 heavy (non-hydrogen) atoms. The molecule has 0 aromatic heterocycles. The minimum absolute atomic E-state index is 0.127. The molecule has 1 aromatic rings. The number of hydrogen-bond acceptors (Lipinski definition) is 2. The van der Waals surface area contributed by atoms with Crippen LogP contribution in [-0.4, -0.2) is 35.0 Å². The molecule has 0 radical (unpaired) electrons. The summed E-state index contributed by atoms with van der Waals surface area (Å²) in [6.45, 7) is 6.91. The molecule has 0 bridgehead atoms.